The minimum absolute atomic E-state index is 0.131. The number of pyridine rings is 1. The van der Waals surface area contributed by atoms with E-state index >= 15 is 0 Å². The van der Waals surface area contributed by atoms with Crippen molar-refractivity contribution in [1.29, 1.82) is 0 Å². The Kier molecular flexibility index (Phi) is 5.52. The van der Waals surface area contributed by atoms with Gasteiger partial charge in [0.05, 0.1) is 24.1 Å². The van der Waals surface area contributed by atoms with Crippen LogP contribution in [0.2, 0.25) is 0 Å². The minimum atomic E-state index is 0.131. The Morgan fingerprint density at radius 1 is 1.13 bits per heavy atom. The molecule has 5 heteroatoms. The lowest BCUT2D eigenvalue weighted by molar-refractivity contribution is -0.129. The van der Waals surface area contributed by atoms with E-state index in [1.165, 1.54) is 56.4 Å². The van der Waals surface area contributed by atoms with Crippen molar-refractivity contribution in [2.75, 3.05) is 17.3 Å². The van der Waals surface area contributed by atoms with E-state index in [2.05, 4.69) is 18.8 Å². The SMILES string of the molecule is CC1CCC2C(CC[C@@H]3C2CCC2(C)C(C(=O)CN(N)c4cnccc4N)CCC32)C1. The van der Waals surface area contributed by atoms with E-state index in [4.69, 9.17) is 11.6 Å². The van der Waals surface area contributed by atoms with Crippen LogP contribution >= 0.6 is 0 Å². The fourth-order valence-electron chi connectivity index (χ4n) is 8.62. The van der Waals surface area contributed by atoms with Gasteiger partial charge in [-0.2, -0.15) is 0 Å². The highest BCUT2D eigenvalue weighted by molar-refractivity contribution is 5.87. The molecule has 0 spiro atoms. The number of nitrogens with two attached hydrogens (primary N) is 2. The summed E-state index contributed by atoms with van der Waals surface area (Å²) >= 11 is 0. The Morgan fingerprint density at radius 3 is 2.74 bits per heavy atom. The molecule has 4 N–H and O–H groups in total. The lowest BCUT2D eigenvalue weighted by atomic mass is 9.49. The molecule has 1 aromatic rings. The number of hydrogen-bond donors (Lipinski definition) is 2. The van der Waals surface area contributed by atoms with Gasteiger partial charge in [-0.05, 0) is 98.4 Å². The Hall–Kier alpha value is -1.62. The van der Waals surface area contributed by atoms with E-state index in [-0.39, 0.29) is 23.7 Å². The number of fused-ring (bicyclic) bond motifs is 5. The molecule has 4 saturated carbocycles. The number of Topliss-reactive ketones (excluding diaryl/α,β-unsaturated/α-hetero) is 1. The highest BCUT2D eigenvalue weighted by atomic mass is 16.1. The molecule has 0 aromatic carbocycles. The van der Waals surface area contributed by atoms with Gasteiger partial charge in [0.2, 0.25) is 0 Å². The molecule has 4 fully saturated rings. The van der Waals surface area contributed by atoms with Gasteiger partial charge in [-0.1, -0.05) is 20.3 Å². The van der Waals surface area contributed by atoms with Crippen LogP contribution in [-0.2, 0) is 4.79 Å². The van der Waals surface area contributed by atoms with Crippen molar-refractivity contribution in [2.45, 2.75) is 71.6 Å². The molecule has 170 valence electrons. The molecule has 31 heavy (non-hydrogen) atoms. The summed E-state index contributed by atoms with van der Waals surface area (Å²) in [5, 5.41) is 1.50. The maximum absolute atomic E-state index is 13.4. The molecule has 1 aromatic heterocycles. The Morgan fingerprint density at radius 2 is 1.94 bits per heavy atom. The van der Waals surface area contributed by atoms with Crippen molar-refractivity contribution in [3.8, 4) is 0 Å². The van der Waals surface area contributed by atoms with Crippen LogP contribution in [-0.4, -0.2) is 17.3 Å². The second kappa shape index (κ2) is 8.06. The Labute approximate surface area is 187 Å². The molecule has 5 rings (SSSR count). The van der Waals surface area contributed by atoms with Gasteiger partial charge in [0.1, 0.15) is 0 Å². The van der Waals surface area contributed by atoms with Gasteiger partial charge < -0.3 is 10.7 Å². The molecule has 0 bridgehead atoms. The molecule has 4 aliphatic rings. The summed E-state index contributed by atoms with van der Waals surface area (Å²) in [5.74, 6) is 12.0. The van der Waals surface area contributed by atoms with Crippen LogP contribution in [0.25, 0.3) is 0 Å². The molecule has 8 atom stereocenters. The number of hydrogen-bond acceptors (Lipinski definition) is 5. The molecule has 0 aliphatic heterocycles. The van der Waals surface area contributed by atoms with E-state index in [1.807, 2.05) is 0 Å². The van der Waals surface area contributed by atoms with Gasteiger partial charge in [0, 0.05) is 12.1 Å². The molecular weight excluding hydrogens is 384 g/mol. The molecule has 0 saturated heterocycles. The summed E-state index contributed by atoms with van der Waals surface area (Å²) in [6.45, 7) is 5.10. The van der Waals surface area contributed by atoms with Crippen molar-refractivity contribution in [1.82, 2.24) is 4.98 Å². The van der Waals surface area contributed by atoms with E-state index < -0.39 is 0 Å². The van der Waals surface area contributed by atoms with Gasteiger partial charge in [-0.3, -0.25) is 9.78 Å². The third-order valence-electron chi connectivity index (χ3n) is 10.1. The van der Waals surface area contributed by atoms with E-state index in [0.717, 1.165) is 41.9 Å². The second-order valence-corrected chi connectivity index (χ2v) is 11.6. The first-order valence-electron chi connectivity index (χ1n) is 12.6. The van der Waals surface area contributed by atoms with E-state index in [0.29, 0.717) is 11.4 Å². The molecule has 0 radical (unpaired) electrons. The minimum Gasteiger partial charge on any atom is -0.397 e. The first-order valence-corrected chi connectivity index (χ1v) is 12.6. The summed E-state index contributed by atoms with van der Waals surface area (Å²) in [5.41, 5.74) is 7.40. The standard InChI is InChI=1S/C26H40N4O/c1-16-3-5-18-17(13-16)4-6-20-19(18)9-11-26(2)21(20)7-8-22(26)25(31)15-30(28)24-14-29-12-10-23(24)27/h10,12,14,16-22H,3-9,11,13,15,28H2,1-2H3,(H2,27,29)/t16?,17?,18?,19?,20-,21?,22?,26?/m1/s1. The number of nitrogen functional groups attached to an aromatic ring is 1. The van der Waals surface area contributed by atoms with Crippen LogP contribution in [0.3, 0.4) is 0 Å². The normalized spacial score (nSPS) is 41.7. The van der Waals surface area contributed by atoms with E-state index in [9.17, 15) is 4.79 Å². The largest absolute Gasteiger partial charge is 0.397 e. The molecular formula is C26H40N4O. The zero-order valence-corrected chi connectivity index (χ0v) is 19.3. The Balaban J connectivity index is 1.29. The van der Waals surface area contributed by atoms with Gasteiger partial charge in [0.15, 0.2) is 5.78 Å². The number of ketones is 1. The second-order valence-electron chi connectivity index (χ2n) is 11.6. The zero-order chi connectivity index (χ0) is 21.8. The molecule has 7 unspecified atom stereocenters. The number of hydrazine groups is 1. The van der Waals surface area contributed by atoms with Crippen molar-refractivity contribution >= 4 is 17.2 Å². The van der Waals surface area contributed by atoms with Crippen molar-refractivity contribution in [3.63, 3.8) is 0 Å². The third-order valence-corrected chi connectivity index (χ3v) is 10.1. The van der Waals surface area contributed by atoms with Crippen LogP contribution in [0, 0.1) is 46.8 Å². The fourth-order valence-corrected chi connectivity index (χ4v) is 8.62. The number of carbonyl (C=O) groups is 1. The predicted octanol–water partition coefficient (Wildman–Crippen LogP) is 4.82. The van der Waals surface area contributed by atoms with Crippen LogP contribution in [0.4, 0.5) is 11.4 Å². The first kappa shape index (κ1) is 21.2. The van der Waals surface area contributed by atoms with Crippen LogP contribution in [0.15, 0.2) is 18.5 Å². The smallest absolute Gasteiger partial charge is 0.157 e. The number of nitrogens with zero attached hydrogens (tertiary/aromatic N) is 2. The van der Waals surface area contributed by atoms with Gasteiger partial charge >= 0.3 is 0 Å². The van der Waals surface area contributed by atoms with Crippen molar-refractivity contribution in [2.24, 2.45) is 52.7 Å². The monoisotopic (exact) mass is 424 g/mol. The Bertz CT molecular complexity index is 827. The van der Waals surface area contributed by atoms with Gasteiger partial charge in [-0.25, -0.2) is 5.84 Å². The third kappa shape index (κ3) is 3.57. The lowest BCUT2D eigenvalue weighted by Gasteiger charge is -2.56. The molecule has 4 aliphatic carbocycles. The van der Waals surface area contributed by atoms with Crippen molar-refractivity contribution < 1.29 is 4.79 Å². The summed E-state index contributed by atoms with van der Waals surface area (Å²) < 4.78 is 0. The quantitative estimate of drug-likeness (QED) is 0.535. The summed E-state index contributed by atoms with van der Waals surface area (Å²) in [6.07, 6.45) is 15.3. The van der Waals surface area contributed by atoms with Gasteiger partial charge in [0.25, 0.3) is 0 Å². The zero-order valence-electron chi connectivity index (χ0n) is 19.3. The number of aromatic nitrogens is 1. The maximum Gasteiger partial charge on any atom is 0.157 e. The first-order chi connectivity index (χ1) is 14.9. The topological polar surface area (TPSA) is 85.2 Å². The maximum atomic E-state index is 13.4. The molecule has 1 heterocycles. The number of rotatable bonds is 4. The number of anilines is 2. The van der Waals surface area contributed by atoms with Crippen LogP contribution in [0.1, 0.15) is 71.6 Å². The van der Waals surface area contributed by atoms with Crippen LogP contribution in [0.5, 0.6) is 0 Å². The molecule has 5 nitrogen and oxygen atoms in total. The highest BCUT2D eigenvalue weighted by Crippen LogP contribution is 2.64. The summed E-state index contributed by atoms with van der Waals surface area (Å²) in [6, 6.07) is 1.73. The summed E-state index contributed by atoms with van der Waals surface area (Å²) in [7, 11) is 0. The predicted molar refractivity (Wildman–Crippen MR) is 125 cm³/mol. The lowest BCUT2D eigenvalue weighted by Crippen LogP contribution is -2.50. The van der Waals surface area contributed by atoms with Crippen molar-refractivity contribution in [3.05, 3.63) is 18.5 Å². The van der Waals surface area contributed by atoms with Crippen LogP contribution < -0.4 is 16.6 Å². The summed E-state index contributed by atoms with van der Waals surface area (Å²) in [4.78, 5) is 17.6. The highest BCUT2D eigenvalue weighted by Gasteiger charge is 2.58. The van der Waals surface area contributed by atoms with Gasteiger partial charge in [-0.15, -0.1) is 0 Å². The average Bonchev–Trinajstić information content (AvgIpc) is 3.11. The average molecular weight is 425 g/mol. The molecule has 0 amide bonds. The van der Waals surface area contributed by atoms with E-state index in [1.54, 1.807) is 18.5 Å². The fraction of sp³-hybridized carbons (Fsp3) is 0.769. The number of carbonyl (C=O) groups excluding carboxylic acids is 1.